The fourth-order valence-electron chi connectivity index (χ4n) is 1.32. The molecule has 0 spiro atoms. The molecule has 0 radical (unpaired) electrons. The topological polar surface area (TPSA) is 51.5 Å². The summed E-state index contributed by atoms with van der Waals surface area (Å²) < 4.78 is 12.9. The number of hydrogen-bond acceptors (Lipinski definition) is 4. The predicted molar refractivity (Wildman–Crippen MR) is 73.7 cm³/mol. The minimum Gasteiger partial charge on any atom is -0.313 e. The third kappa shape index (κ3) is 3.53. The van der Waals surface area contributed by atoms with Gasteiger partial charge in [0.05, 0.1) is 16.8 Å². The van der Waals surface area contributed by atoms with E-state index >= 15 is 0 Å². The minimum atomic E-state index is -0.743. The van der Waals surface area contributed by atoms with Crippen molar-refractivity contribution >= 4 is 35.4 Å². The highest BCUT2D eigenvalue weighted by molar-refractivity contribution is 6.32. The van der Waals surface area contributed by atoms with Crippen molar-refractivity contribution < 1.29 is 14.0 Å². The second kappa shape index (κ2) is 6.45. The second-order valence-corrected chi connectivity index (χ2v) is 4.39. The molecule has 0 bridgehead atoms. The van der Waals surface area contributed by atoms with Crippen LogP contribution in [0.25, 0.3) is 0 Å². The maximum Gasteiger partial charge on any atom is 0.368 e. The third-order valence-electron chi connectivity index (χ3n) is 2.26. The van der Waals surface area contributed by atoms with Crippen LogP contribution in [-0.4, -0.2) is 17.2 Å². The predicted octanol–water partition coefficient (Wildman–Crippen LogP) is 3.72. The Morgan fingerprint density at radius 2 is 2.15 bits per heavy atom. The summed E-state index contributed by atoms with van der Waals surface area (Å²) in [5.74, 6) is -1.28. The molecule has 1 aromatic heterocycles. The fraction of sp³-hybridized carbons (Fsp3) is 0. The zero-order valence-corrected chi connectivity index (χ0v) is 11.4. The first-order valence-electron chi connectivity index (χ1n) is 5.38. The summed E-state index contributed by atoms with van der Waals surface area (Å²) in [4.78, 5) is 20.0. The van der Waals surface area contributed by atoms with Crippen LogP contribution in [0, 0.1) is 5.82 Å². The van der Waals surface area contributed by atoms with Gasteiger partial charge >= 0.3 is 5.97 Å². The van der Waals surface area contributed by atoms with Crippen molar-refractivity contribution in [3.05, 3.63) is 63.6 Å². The molecule has 0 N–H and O–H groups in total. The van der Waals surface area contributed by atoms with E-state index in [1.165, 1.54) is 36.7 Å². The molecule has 0 atom stereocenters. The number of nitrogens with zero attached hydrogens (tertiary/aromatic N) is 2. The summed E-state index contributed by atoms with van der Waals surface area (Å²) in [5, 5.41) is 3.47. The fourth-order valence-corrected chi connectivity index (χ4v) is 1.70. The minimum absolute atomic E-state index is 0.0255. The Morgan fingerprint density at radius 3 is 2.85 bits per heavy atom. The second-order valence-electron chi connectivity index (χ2n) is 3.63. The summed E-state index contributed by atoms with van der Waals surface area (Å²) in [6.45, 7) is 0. The summed E-state index contributed by atoms with van der Waals surface area (Å²) in [5.41, 5.74) is 0.588. The maximum atomic E-state index is 12.9. The number of carbonyl (C=O) groups excluding carboxylic acids is 1. The maximum absolute atomic E-state index is 12.9. The molecule has 102 valence electrons. The van der Waals surface area contributed by atoms with Crippen LogP contribution in [0.5, 0.6) is 0 Å². The lowest BCUT2D eigenvalue weighted by molar-refractivity contribution is 0.0519. The molecule has 0 amide bonds. The Morgan fingerprint density at radius 1 is 1.35 bits per heavy atom. The van der Waals surface area contributed by atoms with E-state index < -0.39 is 11.8 Å². The molecule has 4 nitrogen and oxygen atoms in total. The van der Waals surface area contributed by atoms with Crippen molar-refractivity contribution in [1.82, 2.24) is 4.98 Å². The molecule has 0 aliphatic heterocycles. The first kappa shape index (κ1) is 14.4. The van der Waals surface area contributed by atoms with Gasteiger partial charge in [0, 0.05) is 6.20 Å². The van der Waals surface area contributed by atoms with Crippen LogP contribution in [0.1, 0.15) is 15.9 Å². The molecule has 0 saturated heterocycles. The number of rotatable bonds is 3. The van der Waals surface area contributed by atoms with Gasteiger partial charge in [-0.2, -0.15) is 0 Å². The molecule has 0 unspecified atom stereocenters. The number of pyridine rings is 1. The number of halogens is 3. The lowest BCUT2D eigenvalue weighted by Crippen LogP contribution is -2.02. The van der Waals surface area contributed by atoms with Gasteiger partial charge < -0.3 is 4.84 Å². The highest BCUT2D eigenvalue weighted by Crippen LogP contribution is 2.15. The van der Waals surface area contributed by atoms with E-state index in [-0.39, 0.29) is 15.7 Å². The molecule has 0 saturated carbocycles. The smallest absolute Gasteiger partial charge is 0.313 e. The summed E-state index contributed by atoms with van der Waals surface area (Å²) >= 11 is 11.3. The average Bonchev–Trinajstić information content (AvgIpc) is 2.43. The Hall–Kier alpha value is -1.98. The molecular weight excluding hydrogens is 306 g/mol. The van der Waals surface area contributed by atoms with Gasteiger partial charge in [-0.05, 0) is 29.8 Å². The van der Waals surface area contributed by atoms with Crippen LogP contribution in [0.2, 0.25) is 10.2 Å². The number of carbonyl (C=O) groups is 1. The van der Waals surface area contributed by atoms with Gasteiger partial charge in [0.15, 0.2) is 0 Å². The zero-order chi connectivity index (χ0) is 14.5. The van der Waals surface area contributed by atoms with Gasteiger partial charge in [0.25, 0.3) is 0 Å². The van der Waals surface area contributed by atoms with E-state index in [2.05, 4.69) is 15.0 Å². The first-order chi connectivity index (χ1) is 9.58. The Labute approximate surface area is 123 Å². The normalized spacial score (nSPS) is 10.8. The van der Waals surface area contributed by atoms with Crippen molar-refractivity contribution in [2.45, 2.75) is 0 Å². The highest BCUT2D eigenvalue weighted by Gasteiger charge is 2.11. The molecule has 7 heteroatoms. The van der Waals surface area contributed by atoms with Crippen LogP contribution in [0.3, 0.4) is 0 Å². The Bertz CT molecular complexity index is 677. The molecule has 0 aliphatic rings. The van der Waals surface area contributed by atoms with Gasteiger partial charge in [-0.25, -0.2) is 14.2 Å². The highest BCUT2D eigenvalue weighted by atomic mass is 35.5. The largest absolute Gasteiger partial charge is 0.368 e. The van der Waals surface area contributed by atoms with Crippen LogP contribution in [0.15, 0.2) is 41.7 Å². The Kier molecular flexibility index (Phi) is 4.65. The standard InChI is InChI=1S/C13H7Cl2FN2O2/c14-10-6-8(3-4-11(10)16)7-18-20-13(19)9-2-1-5-17-12(9)15/h1-7H/b18-7-. The average molecular weight is 313 g/mol. The summed E-state index contributed by atoms with van der Waals surface area (Å²) in [6.07, 6.45) is 2.68. The van der Waals surface area contributed by atoms with Crippen LogP contribution in [-0.2, 0) is 4.84 Å². The quantitative estimate of drug-likeness (QED) is 0.375. The van der Waals surface area contributed by atoms with E-state index in [9.17, 15) is 9.18 Å². The lowest BCUT2D eigenvalue weighted by Gasteiger charge is -1.99. The molecule has 0 fully saturated rings. The summed E-state index contributed by atoms with van der Waals surface area (Å²) in [6, 6.07) is 6.98. The molecule has 1 aromatic carbocycles. The van der Waals surface area contributed by atoms with E-state index in [4.69, 9.17) is 23.2 Å². The van der Waals surface area contributed by atoms with E-state index in [0.717, 1.165) is 0 Å². The number of benzene rings is 1. The van der Waals surface area contributed by atoms with Crippen LogP contribution < -0.4 is 0 Å². The van der Waals surface area contributed by atoms with Crippen molar-refractivity contribution in [2.75, 3.05) is 0 Å². The third-order valence-corrected chi connectivity index (χ3v) is 2.85. The van der Waals surface area contributed by atoms with E-state index in [0.29, 0.717) is 5.56 Å². The first-order valence-corrected chi connectivity index (χ1v) is 6.14. The molecule has 20 heavy (non-hydrogen) atoms. The van der Waals surface area contributed by atoms with Crippen molar-refractivity contribution in [1.29, 1.82) is 0 Å². The van der Waals surface area contributed by atoms with Crippen molar-refractivity contribution in [2.24, 2.45) is 5.16 Å². The number of aromatic nitrogens is 1. The van der Waals surface area contributed by atoms with Crippen molar-refractivity contribution in [3.8, 4) is 0 Å². The molecule has 0 aliphatic carbocycles. The number of hydrogen-bond donors (Lipinski definition) is 0. The number of oxime groups is 1. The molecule has 1 heterocycles. The van der Waals surface area contributed by atoms with Gasteiger partial charge in [-0.15, -0.1) is 0 Å². The van der Waals surface area contributed by atoms with Gasteiger partial charge in [0.1, 0.15) is 11.0 Å². The molecule has 2 aromatic rings. The molecular formula is C13H7Cl2FN2O2. The SMILES string of the molecule is O=C(O/N=C\c1ccc(F)c(Cl)c1)c1cccnc1Cl. The lowest BCUT2D eigenvalue weighted by atomic mass is 10.2. The van der Waals surface area contributed by atoms with Gasteiger partial charge in [-0.3, -0.25) is 0 Å². The van der Waals surface area contributed by atoms with E-state index in [1.807, 2.05) is 0 Å². The monoisotopic (exact) mass is 312 g/mol. The van der Waals surface area contributed by atoms with Crippen molar-refractivity contribution in [3.63, 3.8) is 0 Å². The van der Waals surface area contributed by atoms with E-state index in [1.54, 1.807) is 6.07 Å². The van der Waals surface area contributed by atoms with Crippen LogP contribution in [0.4, 0.5) is 4.39 Å². The Balaban J connectivity index is 2.05. The summed E-state index contributed by atoms with van der Waals surface area (Å²) in [7, 11) is 0. The van der Waals surface area contributed by atoms with Gasteiger partial charge in [0.2, 0.25) is 0 Å². The van der Waals surface area contributed by atoms with Crippen LogP contribution >= 0.6 is 23.2 Å². The van der Waals surface area contributed by atoms with Gasteiger partial charge in [-0.1, -0.05) is 34.4 Å². The zero-order valence-electron chi connectivity index (χ0n) is 9.89. The molecule has 2 rings (SSSR count).